The van der Waals surface area contributed by atoms with Gasteiger partial charge in [0.1, 0.15) is 38.3 Å². The van der Waals surface area contributed by atoms with E-state index in [2.05, 4.69) is 235 Å². The molecule has 0 unspecified atom stereocenters. The molecule has 6 aromatic carbocycles. The molecule has 4 aromatic heterocycles. The first-order chi connectivity index (χ1) is 50.8. The van der Waals surface area contributed by atoms with Gasteiger partial charge in [0.25, 0.3) is 0 Å². The van der Waals surface area contributed by atoms with Gasteiger partial charge < -0.3 is 57.4 Å². The van der Waals surface area contributed by atoms with Crippen molar-refractivity contribution in [2.24, 2.45) is 0 Å². The largest absolute Gasteiger partial charge is 0.493 e. The monoisotopic (exact) mass is 1690 g/mol. The molecule has 0 amide bonds. The van der Waals surface area contributed by atoms with E-state index in [0.717, 1.165) is 145 Å². The van der Waals surface area contributed by atoms with Gasteiger partial charge in [0.2, 0.25) is 0 Å². The van der Waals surface area contributed by atoms with Crippen molar-refractivity contribution in [2.45, 2.75) is 195 Å². The Balaban J connectivity index is 0.000000225. The number of ether oxygens (including phenoxy) is 10. The number of para-hydroxylation sites is 4. The average molecular weight is 1690 g/mol. The Morgan fingerprint density at radius 3 is 1.18 bits per heavy atom. The number of nitrogens with zero attached hydrogens (tertiary/aromatic N) is 8. The number of hydrogen-bond donors (Lipinski definition) is 2. The molecule has 0 atom stereocenters. The lowest BCUT2D eigenvalue weighted by Gasteiger charge is -2.17. The fourth-order valence-electron chi connectivity index (χ4n) is 11.5. The zero-order valence-corrected chi connectivity index (χ0v) is 76.8. The lowest BCUT2D eigenvalue weighted by atomic mass is 9.77. The predicted octanol–water partition coefficient (Wildman–Crippen LogP) is 19.0. The summed E-state index contributed by atoms with van der Waals surface area (Å²) in [6.45, 7) is 52.6. The second kappa shape index (κ2) is 39.1. The first kappa shape index (κ1) is 87.8. The second-order valence-corrected chi connectivity index (χ2v) is 70.2. The molecule has 10 aromatic rings. The van der Waals surface area contributed by atoms with E-state index in [1.807, 2.05) is 27.6 Å². The van der Waals surface area contributed by atoms with Gasteiger partial charge in [0, 0.05) is 102 Å². The maximum atomic E-state index is 9.28. The van der Waals surface area contributed by atoms with E-state index in [1.54, 1.807) is 26.2 Å². The zero-order chi connectivity index (χ0) is 78.9. The van der Waals surface area contributed by atoms with E-state index in [4.69, 9.17) is 67.5 Å². The van der Waals surface area contributed by atoms with E-state index in [0.29, 0.717) is 75.2 Å². The molecule has 20 nitrogen and oxygen atoms in total. The Kier molecular flexibility index (Phi) is 31.8. The molecule has 0 radical (unpaired) electrons. The minimum atomic E-state index is -1.53. The van der Waals surface area contributed by atoms with Crippen LogP contribution in [0.15, 0.2) is 109 Å². The molecule has 0 bridgehead atoms. The Morgan fingerprint density at radius 2 is 0.769 bits per heavy atom. The lowest BCUT2D eigenvalue weighted by molar-refractivity contribution is 0.0203. The third-order valence-corrected chi connectivity index (χ3v) is 29.2. The van der Waals surface area contributed by atoms with Gasteiger partial charge in [-0.15, -0.1) is 0 Å². The number of methoxy groups -OCH3 is 2. The van der Waals surface area contributed by atoms with Crippen molar-refractivity contribution in [2.75, 3.05) is 67.4 Å². The summed E-state index contributed by atoms with van der Waals surface area (Å²) >= 11 is 2.36. The molecule has 10 rings (SSSR count). The van der Waals surface area contributed by atoms with E-state index in [1.165, 1.54) is 10.7 Å². The molecule has 588 valence electrons. The summed E-state index contributed by atoms with van der Waals surface area (Å²) in [5.41, 5.74) is 12.0. The molecule has 4 heterocycles. The van der Waals surface area contributed by atoms with Crippen LogP contribution in [0.5, 0.6) is 23.0 Å². The van der Waals surface area contributed by atoms with Crippen molar-refractivity contribution < 1.29 is 57.4 Å². The van der Waals surface area contributed by atoms with Crippen molar-refractivity contribution in [3.05, 3.63) is 124 Å². The van der Waals surface area contributed by atoms with Crippen LogP contribution in [0.25, 0.3) is 78.0 Å². The van der Waals surface area contributed by atoms with Gasteiger partial charge in [-0.25, -0.2) is 19.3 Å². The smallest absolute Gasteiger partial charge is 0.488 e. The van der Waals surface area contributed by atoms with Crippen LogP contribution >= 0.6 is 22.6 Å². The normalized spacial score (nSPS) is 12.5. The second-order valence-electron chi connectivity index (χ2n) is 35.2. The highest BCUT2D eigenvalue weighted by Gasteiger charge is 2.26. The topological polar surface area (TPSA) is 204 Å². The molecule has 2 N–H and O–H groups in total. The number of aryl methyl sites for hydroxylation is 2. The van der Waals surface area contributed by atoms with Crippen LogP contribution in [-0.2, 0) is 55.3 Å². The van der Waals surface area contributed by atoms with Gasteiger partial charge in [-0.3, -0.25) is 9.13 Å². The van der Waals surface area contributed by atoms with Gasteiger partial charge in [-0.2, -0.15) is 10.2 Å². The molecule has 0 saturated heterocycles. The van der Waals surface area contributed by atoms with Crippen LogP contribution in [0, 0.1) is 17.4 Å². The fraction of sp³-hybridized carbons (Fsp3) is 0.500. The van der Waals surface area contributed by atoms with E-state index < -0.39 is 55.6 Å². The van der Waals surface area contributed by atoms with Crippen molar-refractivity contribution >= 4 is 127 Å². The average Bonchev–Trinajstić information content (AvgIpc) is 1.60. The van der Waals surface area contributed by atoms with Gasteiger partial charge in [0.05, 0.1) is 47.3 Å². The molecule has 108 heavy (non-hydrogen) atoms. The first-order valence-electron chi connectivity index (χ1n) is 37.8. The number of hydrogen-bond acceptors (Lipinski definition) is 16. The van der Waals surface area contributed by atoms with Gasteiger partial charge in [-0.05, 0) is 179 Å². The maximum absolute atomic E-state index is 9.28. The summed E-state index contributed by atoms with van der Waals surface area (Å²) in [6, 6.07) is 43.5. The minimum Gasteiger partial charge on any atom is -0.493 e. The maximum Gasteiger partial charge on any atom is 0.488 e. The number of rotatable bonds is 38. The zero-order valence-electron chi connectivity index (χ0n) is 68.6. The fourth-order valence-corrected chi connectivity index (χ4v) is 16.5. The van der Waals surface area contributed by atoms with Crippen LogP contribution in [0.2, 0.25) is 154 Å². The van der Waals surface area contributed by atoms with Crippen LogP contribution in [0.1, 0.15) is 11.1 Å². The number of halogens is 1. The molecule has 0 saturated carbocycles. The van der Waals surface area contributed by atoms with Crippen molar-refractivity contribution in [3.63, 3.8) is 0 Å². The Labute approximate surface area is 662 Å². The Hall–Kier alpha value is -5.82. The lowest BCUT2D eigenvalue weighted by Crippen LogP contribution is -2.32. The van der Waals surface area contributed by atoms with Crippen molar-refractivity contribution in [1.29, 1.82) is 0 Å². The molecule has 0 fully saturated rings. The van der Waals surface area contributed by atoms with E-state index >= 15 is 0 Å². The highest BCUT2D eigenvalue weighted by atomic mass is 127. The summed E-state index contributed by atoms with van der Waals surface area (Å²) in [5.74, 6) is 3.96. The molecule has 0 aliphatic carbocycles. The molecule has 0 aliphatic heterocycles. The highest BCUT2D eigenvalue weighted by molar-refractivity contribution is 14.1. The molecular formula is C80H122BIN8O12Si6. The van der Waals surface area contributed by atoms with Crippen molar-refractivity contribution in [3.8, 4) is 57.2 Å². The highest BCUT2D eigenvalue weighted by Crippen LogP contribution is 2.40. The van der Waals surface area contributed by atoms with Crippen molar-refractivity contribution in [1.82, 2.24) is 38.7 Å². The van der Waals surface area contributed by atoms with E-state index in [9.17, 15) is 10.0 Å². The third kappa shape index (κ3) is 26.7. The summed E-state index contributed by atoms with van der Waals surface area (Å²) in [4.78, 5) is 10.1. The van der Waals surface area contributed by atoms with Crippen LogP contribution in [-0.4, -0.2) is 172 Å². The summed E-state index contributed by atoms with van der Waals surface area (Å²) < 4.78 is 68.2. The summed E-state index contributed by atoms with van der Waals surface area (Å²) in [6.07, 6.45) is 0. The molecule has 0 spiro atoms. The standard InChI is InChI=1S/C40H60N4O5Si3.C26H37IN4O2Si2.C14H25BO5Si/c1-30-24-38(49-29-48-20-23-52(9,10)11)37(45-2)26-33(30)31-16-17-32-36(25-31)44(28-47-19-22-51(6,7)8)42-39(32)40-41-34-14-12-13-15-35(34)43(40)27-46-18-21-50(3,4)5;1-34(2,3)15-13-32-18-30-23-10-8-7-9-22(23)28-26(30)25-21-12-11-20(27)17-24(21)31(29-25)19-33-14-16-35(4,5)6;1-11-8-14(13(18-2)9-12(11)15(16)17)20-10-19-6-7-21(3,4)5/h12-17,24-26H,18-23,27-29H2,1-11H3;7-12,17H,13-16,18-19H2,1-6H3;8-9,16-17H,6-7,10H2,1-5H3. The van der Waals surface area contributed by atoms with Crippen LogP contribution < -0.4 is 24.4 Å². The van der Waals surface area contributed by atoms with Crippen LogP contribution in [0.3, 0.4) is 0 Å². The van der Waals surface area contributed by atoms with E-state index in [-0.39, 0.29) is 13.6 Å². The number of benzene rings is 6. The summed E-state index contributed by atoms with van der Waals surface area (Å²) in [5, 5.41) is 30.9. The summed E-state index contributed by atoms with van der Waals surface area (Å²) in [7, 11) is -5.38. The Bertz CT molecular complexity index is 4550. The predicted molar refractivity (Wildman–Crippen MR) is 470 cm³/mol. The molecule has 0 aliphatic rings. The van der Waals surface area contributed by atoms with Gasteiger partial charge >= 0.3 is 7.12 Å². The number of aromatic nitrogens is 8. The number of imidazole rings is 2. The van der Waals surface area contributed by atoms with Crippen LogP contribution in [0.4, 0.5) is 0 Å². The van der Waals surface area contributed by atoms with Gasteiger partial charge in [-0.1, -0.05) is 148 Å². The minimum absolute atomic E-state index is 0.154. The first-order valence-corrected chi connectivity index (χ1v) is 61.1. The molecular weight excluding hydrogens is 1570 g/mol. The Morgan fingerprint density at radius 1 is 0.398 bits per heavy atom. The molecule has 28 heteroatoms. The third-order valence-electron chi connectivity index (χ3n) is 18.3. The quantitative estimate of drug-likeness (QED) is 0.0160. The SMILES string of the molecule is COc1cc(-c2ccc3c(-c4nc5ccccc5n4COCC[Si](C)(C)C)nn(COCC[Si](C)(C)C)c3c2)c(C)cc1OCOCC[Si](C)(C)C.COc1cc(B(O)O)c(C)cc1OCOCC[Si](C)(C)C.C[Si](C)(C)CCOCn1nc(-c2nc3ccccc3n2COCC[Si](C)(C)C)c2ccc(I)cc21. The van der Waals surface area contributed by atoms with Gasteiger partial charge in [0.15, 0.2) is 48.2 Å². The number of fused-ring (bicyclic) bond motifs is 4.